The van der Waals surface area contributed by atoms with Gasteiger partial charge in [-0.2, -0.15) is 5.26 Å². The summed E-state index contributed by atoms with van der Waals surface area (Å²) in [5, 5.41) is 11.3. The van der Waals surface area contributed by atoms with Crippen LogP contribution in [-0.2, 0) is 4.74 Å². The molecule has 90 valence electrons. The summed E-state index contributed by atoms with van der Waals surface area (Å²) in [5.41, 5.74) is 6.27. The van der Waals surface area contributed by atoms with E-state index < -0.39 is 11.7 Å². The van der Waals surface area contributed by atoms with Gasteiger partial charge in [0.15, 0.2) is 0 Å². The Morgan fingerprint density at radius 3 is 2.59 bits per heavy atom. The van der Waals surface area contributed by atoms with E-state index in [0.717, 1.165) is 0 Å². The maximum Gasteiger partial charge on any atom is 0.412 e. The van der Waals surface area contributed by atoms with Gasteiger partial charge in [-0.1, -0.05) is 0 Å². The van der Waals surface area contributed by atoms with E-state index in [4.69, 9.17) is 15.7 Å². The van der Waals surface area contributed by atoms with Crippen molar-refractivity contribution in [2.45, 2.75) is 26.4 Å². The fourth-order valence-electron chi connectivity index (χ4n) is 1.21. The van der Waals surface area contributed by atoms with Crippen molar-refractivity contribution in [3.05, 3.63) is 23.8 Å². The lowest BCUT2D eigenvalue weighted by Gasteiger charge is -2.19. The quantitative estimate of drug-likeness (QED) is 0.729. The van der Waals surface area contributed by atoms with Gasteiger partial charge in [0.1, 0.15) is 5.60 Å². The molecular formula is C12H15N3O2. The second-order valence-electron chi connectivity index (χ2n) is 4.58. The topological polar surface area (TPSA) is 88.1 Å². The minimum atomic E-state index is -0.577. The number of nitrogen functional groups attached to an aromatic ring is 1. The highest BCUT2D eigenvalue weighted by Gasteiger charge is 2.16. The predicted molar refractivity (Wildman–Crippen MR) is 65.4 cm³/mol. The number of anilines is 2. The Balaban J connectivity index is 2.79. The Bertz CT molecular complexity index is 470. The van der Waals surface area contributed by atoms with Crippen LogP contribution < -0.4 is 11.1 Å². The van der Waals surface area contributed by atoms with E-state index in [2.05, 4.69) is 5.32 Å². The summed E-state index contributed by atoms with van der Waals surface area (Å²) in [4.78, 5) is 11.5. The fraction of sp³-hybridized carbons (Fsp3) is 0.333. The Kier molecular flexibility index (Phi) is 3.59. The number of amides is 1. The highest BCUT2D eigenvalue weighted by atomic mass is 16.6. The van der Waals surface area contributed by atoms with Gasteiger partial charge in [0.05, 0.1) is 11.6 Å². The number of carbonyl (C=O) groups is 1. The summed E-state index contributed by atoms with van der Waals surface area (Å²) >= 11 is 0. The number of hydrogen-bond acceptors (Lipinski definition) is 4. The van der Waals surface area contributed by atoms with Crippen LogP contribution in [-0.4, -0.2) is 11.7 Å². The molecule has 5 heteroatoms. The van der Waals surface area contributed by atoms with Crippen molar-refractivity contribution in [1.82, 2.24) is 0 Å². The molecule has 0 saturated carbocycles. The van der Waals surface area contributed by atoms with E-state index in [1.165, 1.54) is 12.1 Å². The molecule has 0 saturated heterocycles. The zero-order valence-electron chi connectivity index (χ0n) is 10.1. The van der Waals surface area contributed by atoms with Crippen molar-refractivity contribution in [2.24, 2.45) is 0 Å². The molecule has 0 spiro atoms. The predicted octanol–water partition coefficient (Wildman–Crippen LogP) is 2.49. The lowest BCUT2D eigenvalue weighted by atomic mass is 10.2. The molecule has 0 unspecified atom stereocenters. The van der Waals surface area contributed by atoms with Gasteiger partial charge in [0.2, 0.25) is 0 Å². The van der Waals surface area contributed by atoms with Crippen LogP contribution in [0, 0.1) is 11.3 Å². The Hall–Kier alpha value is -2.22. The van der Waals surface area contributed by atoms with Crippen molar-refractivity contribution in [1.29, 1.82) is 5.26 Å². The third-order valence-electron chi connectivity index (χ3n) is 1.73. The summed E-state index contributed by atoms with van der Waals surface area (Å²) in [6, 6.07) is 6.57. The molecule has 1 amide bonds. The summed E-state index contributed by atoms with van der Waals surface area (Å²) < 4.78 is 5.08. The molecule has 0 fully saturated rings. The second kappa shape index (κ2) is 4.74. The molecule has 0 aliphatic rings. The smallest absolute Gasteiger partial charge is 0.412 e. The number of nitrogens with two attached hydrogens (primary N) is 1. The number of hydrogen-bond donors (Lipinski definition) is 2. The largest absolute Gasteiger partial charge is 0.444 e. The van der Waals surface area contributed by atoms with Crippen molar-refractivity contribution in [2.75, 3.05) is 11.1 Å². The third kappa shape index (κ3) is 4.43. The second-order valence-corrected chi connectivity index (χ2v) is 4.58. The average Bonchev–Trinajstić information content (AvgIpc) is 2.13. The number of nitrogens with one attached hydrogen (secondary N) is 1. The highest BCUT2D eigenvalue weighted by Crippen LogP contribution is 2.17. The van der Waals surface area contributed by atoms with Crippen molar-refractivity contribution in [3.63, 3.8) is 0 Å². The van der Waals surface area contributed by atoms with E-state index in [-0.39, 0.29) is 0 Å². The van der Waals surface area contributed by atoms with Gasteiger partial charge >= 0.3 is 6.09 Å². The number of nitrogens with zero attached hydrogens (tertiary/aromatic N) is 1. The number of rotatable bonds is 1. The summed E-state index contributed by atoms with van der Waals surface area (Å²) in [6.45, 7) is 5.31. The van der Waals surface area contributed by atoms with Gasteiger partial charge < -0.3 is 10.5 Å². The molecule has 1 aromatic carbocycles. The summed E-state index contributed by atoms with van der Waals surface area (Å²) in [7, 11) is 0. The first-order chi connectivity index (χ1) is 7.80. The van der Waals surface area contributed by atoms with Crippen LogP contribution in [0.25, 0.3) is 0 Å². The van der Waals surface area contributed by atoms with Crippen LogP contribution >= 0.6 is 0 Å². The van der Waals surface area contributed by atoms with Gasteiger partial charge in [0.25, 0.3) is 0 Å². The molecular weight excluding hydrogens is 218 g/mol. The van der Waals surface area contributed by atoms with Crippen molar-refractivity contribution in [3.8, 4) is 6.07 Å². The Morgan fingerprint density at radius 1 is 1.41 bits per heavy atom. The molecule has 1 aromatic rings. The first-order valence-electron chi connectivity index (χ1n) is 5.11. The first-order valence-corrected chi connectivity index (χ1v) is 5.11. The monoisotopic (exact) mass is 233 g/mol. The Morgan fingerprint density at radius 2 is 2.06 bits per heavy atom. The standard InChI is InChI=1S/C12H15N3O2/c1-12(2,3)17-11(16)15-10-5-8(7-13)4-9(14)6-10/h4-6H,14H2,1-3H3,(H,15,16). The molecule has 0 radical (unpaired) electrons. The molecule has 0 atom stereocenters. The van der Waals surface area contributed by atoms with Crippen molar-refractivity contribution < 1.29 is 9.53 Å². The van der Waals surface area contributed by atoms with Crippen LogP contribution in [0.4, 0.5) is 16.2 Å². The lowest BCUT2D eigenvalue weighted by molar-refractivity contribution is 0.0636. The normalized spacial score (nSPS) is 10.5. The van der Waals surface area contributed by atoms with Crippen LogP contribution in [0.15, 0.2) is 18.2 Å². The van der Waals surface area contributed by atoms with Gasteiger partial charge in [-0.05, 0) is 39.0 Å². The lowest BCUT2D eigenvalue weighted by Crippen LogP contribution is -2.27. The SMILES string of the molecule is CC(C)(C)OC(=O)Nc1cc(N)cc(C#N)c1. The number of nitriles is 1. The molecule has 0 bridgehead atoms. The van der Waals surface area contributed by atoms with Crippen LogP contribution in [0.3, 0.4) is 0 Å². The van der Waals surface area contributed by atoms with E-state index in [1.807, 2.05) is 6.07 Å². The molecule has 5 nitrogen and oxygen atoms in total. The third-order valence-corrected chi connectivity index (χ3v) is 1.73. The minimum absolute atomic E-state index is 0.385. The molecule has 1 rings (SSSR count). The molecule has 0 aliphatic heterocycles. The summed E-state index contributed by atoms with van der Waals surface area (Å²) in [6.07, 6.45) is -0.577. The van der Waals surface area contributed by atoms with Crippen LogP contribution in [0.2, 0.25) is 0 Å². The molecule has 0 heterocycles. The summed E-state index contributed by atoms with van der Waals surface area (Å²) in [5.74, 6) is 0. The number of ether oxygens (including phenoxy) is 1. The zero-order chi connectivity index (χ0) is 13.1. The van der Waals surface area contributed by atoms with E-state index in [9.17, 15) is 4.79 Å². The number of carbonyl (C=O) groups excluding carboxylic acids is 1. The minimum Gasteiger partial charge on any atom is -0.444 e. The van der Waals surface area contributed by atoms with Crippen LogP contribution in [0.5, 0.6) is 0 Å². The van der Waals surface area contributed by atoms with E-state index in [0.29, 0.717) is 16.9 Å². The average molecular weight is 233 g/mol. The van der Waals surface area contributed by atoms with E-state index in [1.54, 1.807) is 26.8 Å². The number of benzene rings is 1. The van der Waals surface area contributed by atoms with Crippen molar-refractivity contribution >= 4 is 17.5 Å². The zero-order valence-corrected chi connectivity index (χ0v) is 10.1. The van der Waals surface area contributed by atoms with E-state index >= 15 is 0 Å². The molecule has 0 aliphatic carbocycles. The highest BCUT2D eigenvalue weighted by molar-refractivity contribution is 5.86. The fourth-order valence-corrected chi connectivity index (χ4v) is 1.21. The molecule has 3 N–H and O–H groups in total. The first kappa shape index (κ1) is 12.8. The van der Waals surface area contributed by atoms with Gasteiger partial charge in [0, 0.05) is 11.4 Å². The molecule has 0 aromatic heterocycles. The van der Waals surface area contributed by atoms with Gasteiger partial charge in [-0.25, -0.2) is 4.79 Å². The maximum absolute atomic E-state index is 11.5. The van der Waals surface area contributed by atoms with Gasteiger partial charge in [-0.15, -0.1) is 0 Å². The van der Waals surface area contributed by atoms with Crippen LogP contribution in [0.1, 0.15) is 26.3 Å². The Labute approximate surface area is 100 Å². The maximum atomic E-state index is 11.5. The van der Waals surface area contributed by atoms with Gasteiger partial charge in [-0.3, -0.25) is 5.32 Å². The molecule has 17 heavy (non-hydrogen) atoms.